The van der Waals surface area contributed by atoms with Crippen LogP contribution < -0.4 is 5.32 Å². The molecule has 3 nitrogen and oxygen atoms in total. The van der Waals surface area contributed by atoms with Gasteiger partial charge in [-0.05, 0) is 31.5 Å². The predicted molar refractivity (Wildman–Crippen MR) is 75.3 cm³/mol. The maximum atomic E-state index is 13.4. The minimum absolute atomic E-state index is 0.263. The third-order valence-corrected chi connectivity index (χ3v) is 2.95. The van der Waals surface area contributed by atoms with Crippen molar-refractivity contribution in [2.75, 3.05) is 5.32 Å². The van der Waals surface area contributed by atoms with Crippen LogP contribution in [0.3, 0.4) is 0 Å². The van der Waals surface area contributed by atoms with Gasteiger partial charge in [-0.25, -0.2) is 4.39 Å². The highest BCUT2D eigenvalue weighted by molar-refractivity contribution is 6.46. The Labute approximate surface area is 116 Å². The Bertz CT molecular complexity index is 663. The molecule has 0 aliphatic carbocycles. The zero-order valence-corrected chi connectivity index (χ0v) is 11.2. The number of hydrogen-bond donors (Lipinski definition) is 1. The molecule has 0 atom stereocenters. The van der Waals surface area contributed by atoms with Crippen molar-refractivity contribution >= 4 is 17.4 Å². The summed E-state index contributed by atoms with van der Waals surface area (Å²) in [6, 6.07) is 11.0. The molecule has 0 bridgehead atoms. The van der Waals surface area contributed by atoms with E-state index in [0.29, 0.717) is 11.1 Å². The molecule has 0 aromatic heterocycles. The topological polar surface area (TPSA) is 46.2 Å². The van der Waals surface area contributed by atoms with E-state index in [4.69, 9.17) is 0 Å². The molecule has 2 rings (SSSR count). The van der Waals surface area contributed by atoms with Crippen molar-refractivity contribution in [1.82, 2.24) is 0 Å². The van der Waals surface area contributed by atoms with Crippen LogP contribution in [0.5, 0.6) is 0 Å². The zero-order valence-electron chi connectivity index (χ0n) is 11.2. The average Bonchev–Trinajstić information content (AvgIpc) is 2.43. The van der Waals surface area contributed by atoms with E-state index in [1.54, 1.807) is 43.3 Å². The molecule has 1 amide bonds. The summed E-state index contributed by atoms with van der Waals surface area (Å²) in [6.45, 7) is 3.52. The summed E-state index contributed by atoms with van der Waals surface area (Å²) in [6.07, 6.45) is 0. The van der Waals surface area contributed by atoms with Gasteiger partial charge >= 0.3 is 0 Å². The number of anilines is 1. The number of ketones is 1. The van der Waals surface area contributed by atoms with Gasteiger partial charge in [0.05, 0.1) is 0 Å². The van der Waals surface area contributed by atoms with E-state index < -0.39 is 17.5 Å². The lowest BCUT2D eigenvalue weighted by atomic mass is 10.1. The smallest absolute Gasteiger partial charge is 0.296 e. The molecule has 0 aliphatic rings. The molecule has 0 spiro atoms. The second kappa shape index (κ2) is 5.65. The van der Waals surface area contributed by atoms with Gasteiger partial charge in [0.2, 0.25) is 0 Å². The van der Waals surface area contributed by atoms with Gasteiger partial charge in [0.25, 0.3) is 11.7 Å². The number of Topliss-reactive ketones (excluding diaryl/α,β-unsaturated/α-hetero) is 1. The number of nitrogens with one attached hydrogen (secondary N) is 1. The average molecular weight is 271 g/mol. The molecule has 2 aromatic carbocycles. The molecule has 102 valence electrons. The van der Waals surface area contributed by atoms with Crippen LogP contribution in [-0.4, -0.2) is 11.7 Å². The lowest BCUT2D eigenvalue weighted by Gasteiger charge is -2.06. The van der Waals surface area contributed by atoms with Gasteiger partial charge in [0.1, 0.15) is 5.82 Å². The summed E-state index contributed by atoms with van der Waals surface area (Å²) >= 11 is 0. The van der Waals surface area contributed by atoms with Crippen LogP contribution in [0, 0.1) is 19.7 Å². The van der Waals surface area contributed by atoms with Crippen molar-refractivity contribution in [2.24, 2.45) is 0 Å². The third-order valence-electron chi connectivity index (χ3n) is 2.95. The van der Waals surface area contributed by atoms with Crippen LogP contribution in [0.15, 0.2) is 42.5 Å². The molecule has 20 heavy (non-hydrogen) atoms. The van der Waals surface area contributed by atoms with E-state index >= 15 is 0 Å². The van der Waals surface area contributed by atoms with Gasteiger partial charge < -0.3 is 5.32 Å². The second-order valence-electron chi connectivity index (χ2n) is 4.61. The van der Waals surface area contributed by atoms with Crippen LogP contribution in [0.1, 0.15) is 21.5 Å². The largest absolute Gasteiger partial charge is 0.319 e. The fourth-order valence-electron chi connectivity index (χ4n) is 1.69. The van der Waals surface area contributed by atoms with E-state index in [0.717, 1.165) is 5.56 Å². The monoisotopic (exact) mass is 271 g/mol. The molecule has 0 fully saturated rings. The maximum Gasteiger partial charge on any atom is 0.296 e. The van der Waals surface area contributed by atoms with Gasteiger partial charge in [-0.3, -0.25) is 9.59 Å². The maximum absolute atomic E-state index is 13.4. The van der Waals surface area contributed by atoms with Crippen LogP contribution in [0.4, 0.5) is 10.1 Å². The van der Waals surface area contributed by atoms with E-state index in [-0.39, 0.29) is 5.69 Å². The molecule has 1 N–H and O–H groups in total. The van der Waals surface area contributed by atoms with E-state index in [2.05, 4.69) is 5.32 Å². The van der Waals surface area contributed by atoms with Crippen LogP contribution in [0.2, 0.25) is 0 Å². The Morgan fingerprint density at radius 3 is 2.25 bits per heavy atom. The van der Waals surface area contributed by atoms with E-state index in [1.807, 2.05) is 6.92 Å². The molecule has 0 radical (unpaired) electrons. The van der Waals surface area contributed by atoms with Gasteiger partial charge in [-0.1, -0.05) is 35.9 Å². The highest BCUT2D eigenvalue weighted by Crippen LogP contribution is 2.14. The lowest BCUT2D eigenvalue weighted by molar-refractivity contribution is -0.112. The summed E-state index contributed by atoms with van der Waals surface area (Å²) in [5.41, 5.74) is 2.05. The molecule has 4 heteroatoms. The molecule has 2 aromatic rings. The number of amides is 1. The first-order valence-corrected chi connectivity index (χ1v) is 6.16. The first kappa shape index (κ1) is 13.9. The number of rotatable bonds is 3. The second-order valence-corrected chi connectivity index (χ2v) is 4.61. The van der Waals surface area contributed by atoms with Gasteiger partial charge in [0, 0.05) is 11.3 Å². The Balaban J connectivity index is 2.13. The summed E-state index contributed by atoms with van der Waals surface area (Å²) in [7, 11) is 0. The summed E-state index contributed by atoms with van der Waals surface area (Å²) in [4.78, 5) is 23.7. The van der Waals surface area contributed by atoms with Crippen molar-refractivity contribution < 1.29 is 14.0 Å². The molecular weight excluding hydrogens is 257 g/mol. The normalized spacial score (nSPS) is 10.2. The number of benzene rings is 2. The molecule has 0 saturated carbocycles. The van der Waals surface area contributed by atoms with Crippen LogP contribution >= 0.6 is 0 Å². The number of carbonyl (C=O) groups is 2. The predicted octanol–water partition coefficient (Wildman–Crippen LogP) is 3.26. The zero-order chi connectivity index (χ0) is 14.7. The fraction of sp³-hybridized carbons (Fsp3) is 0.125. The van der Waals surface area contributed by atoms with Gasteiger partial charge in [-0.15, -0.1) is 0 Å². The van der Waals surface area contributed by atoms with Crippen molar-refractivity contribution in [2.45, 2.75) is 13.8 Å². The highest BCUT2D eigenvalue weighted by atomic mass is 19.1. The van der Waals surface area contributed by atoms with Crippen molar-refractivity contribution in [3.8, 4) is 0 Å². The number of aryl methyl sites for hydroxylation is 2. The van der Waals surface area contributed by atoms with Gasteiger partial charge in [-0.2, -0.15) is 0 Å². The number of carbonyl (C=O) groups excluding carboxylic acids is 2. The van der Waals surface area contributed by atoms with Gasteiger partial charge in [0.15, 0.2) is 0 Å². The number of hydrogen-bond acceptors (Lipinski definition) is 2. The molecular formula is C16H14FNO2. The Kier molecular flexibility index (Phi) is 3.94. The van der Waals surface area contributed by atoms with Crippen molar-refractivity contribution in [3.05, 3.63) is 65.0 Å². The Morgan fingerprint density at radius 1 is 1.00 bits per heavy atom. The first-order valence-electron chi connectivity index (χ1n) is 6.16. The van der Waals surface area contributed by atoms with E-state index in [9.17, 15) is 14.0 Å². The first-order chi connectivity index (χ1) is 9.47. The minimum atomic E-state index is -0.780. The minimum Gasteiger partial charge on any atom is -0.319 e. The van der Waals surface area contributed by atoms with Crippen molar-refractivity contribution in [1.29, 1.82) is 0 Å². The molecule has 0 saturated heterocycles. The summed E-state index contributed by atoms with van der Waals surface area (Å²) in [5, 5.41) is 2.39. The SMILES string of the molecule is Cc1ccc(C(=O)C(=O)Nc2ccc(C)c(F)c2)cc1. The quantitative estimate of drug-likeness (QED) is 0.688. The third kappa shape index (κ3) is 3.09. The fourth-order valence-corrected chi connectivity index (χ4v) is 1.69. The summed E-state index contributed by atoms with van der Waals surface area (Å²) in [5.74, 6) is -1.85. The van der Waals surface area contributed by atoms with Crippen LogP contribution in [0.25, 0.3) is 0 Å². The van der Waals surface area contributed by atoms with Crippen LogP contribution in [-0.2, 0) is 4.79 Å². The standard InChI is InChI=1S/C16H14FNO2/c1-10-3-6-12(7-4-10)15(19)16(20)18-13-8-5-11(2)14(17)9-13/h3-9H,1-2H3,(H,18,20). The van der Waals surface area contributed by atoms with Crippen molar-refractivity contribution in [3.63, 3.8) is 0 Å². The lowest BCUT2D eigenvalue weighted by Crippen LogP contribution is -2.22. The number of halogens is 1. The molecule has 0 heterocycles. The van der Waals surface area contributed by atoms with E-state index in [1.165, 1.54) is 6.07 Å². The highest BCUT2D eigenvalue weighted by Gasteiger charge is 2.16. The molecule has 0 aliphatic heterocycles. The Morgan fingerprint density at radius 2 is 1.65 bits per heavy atom. The summed E-state index contributed by atoms with van der Waals surface area (Å²) < 4.78 is 13.4. The molecule has 0 unspecified atom stereocenters. The Hall–Kier alpha value is -2.49.